The monoisotopic (exact) mass is 251 g/mol. The summed E-state index contributed by atoms with van der Waals surface area (Å²) in [6.07, 6.45) is 1.02. The number of benzene rings is 1. The van der Waals surface area contributed by atoms with Crippen LogP contribution in [0.3, 0.4) is 0 Å². The Morgan fingerprint density at radius 1 is 1.28 bits per heavy atom. The molecule has 0 bridgehead atoms. The Morgan fingerprint density at radius 2 is 1.94 bits per heavy atom. The standard InChI is InChI=1S/C14H21NO3/c1-4-10(3)9-15(5-2)14(18)11-6-7-12(16)13(17)8-11/h6-8,10,16-17H,4-5,9H2,1-3H3. The topological polar surface area (TPSA) is 60.8 Å². The molecule has 0 aromatic heterocycles. The number of rotatable bonds is 5. The third-order valence-electron chi connectivity index (χ3n) is 3.12. The normalized spacial score (nSPS) is 12.2. The second-order valence-corrected chi connectivity index (χ2v) is 4.56. The van der Waals surface area contributed by atoms with Gasteiger partial charge in [0.2, 0.25) is 0 Å². The molecule has 0 saturated heterocycles. The molecule has 1 rings (SSSR count). The van der Waals surface area contributed by atoms with Crippen molar-refractivity contribution < 1.29 is 15.0 Å². The van der Waals surface area contributed by atoms with Crippen LogP contribution >= 0.6 is 0 Å². The van der Waals surface area contributed by atoms with Crippen LogP contribution < -0.4 is 0 Å². The Balaban J connectivity index is 2.86. The van der Waals surface area contributed by atoms with Crippen LogP contribution in [0.2, 0.25) is 0 Å². The molecule has 0 aliphatic carbocycles. The maximum Gasteiger partial charge on any atom is 0.253 e. The molecule has 100 valence electrons. The molecule has 0 fully saturated rings. The van der Waals surface area contributed by atoms with Gasteiger partial charge in [0.05, 0.1) is 0 Å². The first-order chi connectivity index (χ1) is 8.49. The van der Waals surface area contributed by atoms with Crippen LogP contribution in [0.15, 0.2) is 18.2 Å². The maximum atomic E-state index is 12.2. The SMILES string of the molecule is CCC(C)CN(CC)C(=O)c1ccc(O)c(O)c1. The Kier molecular flexibility index (Phi) is 5.01. The lowest BCUT2D eigenvalue weighted by Gasteiger charge is -2.24. The number of phenols is 2. The summed E-state index contributed by atoms with van der Waals surface area (Å²) >= 11 is 0. The molecule has 18 heavy (non-hydrogen) atoms. The van der Waals surface area contributed by atoms with Crippen molar-refractivity contribution in [1.82, 2.24) is 4.90 Å². The highest BCUT2D eigenvalue weighted by Gasteiger charge is 2.17. The van der Waals surface area contributed by atoms with E-state index in [2.05, 4.69) is 13.8 Å². The van der Waals surface area contributed by atoms with E-state index in [-0.39, 0.29) is 17.4 Å². The number of carbonyl (C=O) groups is 1. The van der Waals surface area contributed by atoms with Gasteiger partial charge in [0.1, 0.15) is 0 Å². The molecule has 0 heterocycles. The Morgan fingerprint density at radius 3 is 2.44 bits per heavy atom. The average molecular weight is 251 g/mol. The summed E-state index contributed by atoms with van der Waals surface area (Å²) in [4.78, 5) is 14.0. The first-order valence-electron chi connectivity index (χ1n) is 6.30. The predicted octanol–water partition coefficient (Wildman–Crippen LogP) is 2.61. The van der Waals surface area contributed by atoms with Gasteiger partial charge in [-0.05, 0) is 31.0 Å². The first kappa shape index (κ1) is 14.4. The van der Waals surface area contributed by atoms with E-state index < -0.39 is 0 Å². The van der Waals surface area contributed by atoms with Crippen molar-refractivity contribution in [3.05, 3.63) is 23.8 Å². The quantitative estimate of drug-likeness (QED) is 0.791. The van der Waals surface area contributed by atoms with E-state index >= 15 is 0 Å². The number of hydrogen-bond donors (Lipinski definition) is 2. The second-order valence-electron chi connectivity index (χ2n) is 4.56. The van der Waals surface area contributed by atoms with E-state index in [1.807, 2.05) is 6.92 Å². The van der Waals surface area contributed by atoms with Crippen molar-refractivity contribution in [3.8, 4) is 11.5 Å². The third-order valence-corrected chi connectivity index (χ3v) is 3.12. The minimum atomic E-state index is -0.263. The summed E-state index contributed by atoms with van der Waals surface area (Å²) in [6, 6.07) is 4.16. The molecule has 2 N–H and O–H groups in total. The predicted molar refractivity (Wildman–Crippen MR) is 70.8 cm³/mol. The molecule has 1 atom stereocenters. The zero-order valence-electron chi connectivity index (χ0n) is 11.2. The summed E-state index contributed by atoms with van der Waals surface area (Å²) in [7, 11) is 0. The van der Waals surface area contributed by atoms with Gasteiger partial charge in [-0.25, -0.2) is 0 Å². The number of phenolic OH excluding ortho intramolecular Hbond substituents is 2. The van der Waals surface area contributed by atoms with E-state index in [1.165, 1.54) is 18.2 Å². The summed E-state index contributed by atoms with van der Waals surface area (Å²) in [5, 5.41) is 18.6. The van der Waals surface area contributed by atoms with Crippen LogP contribution in [0.4, 0.5) is 0 Å². The van der Waals surface area contributed by atoms with E-state index in [9.17, 15) is 15.0 Å². The number of nitrogens with zero attached hydrogens (tertiary/aromatic N) is 1. The van der Waals surface area contributed by atoms with Gasteiger partial charge in [-0.2, -0.15) is 0 Å². The van der Waals surface area contributed by atoms with Gasteiger partial charge in [-0.1, -0.05) is 20.3 Å². The number of amides is 1. The molecule has 0 radical (unpaired) electrons. The lowest BCUT2D eigenvalue weighted by atomic mass is 10.1. The van der Waals surface area contributed by atoms with Crippen molar-refractivity contribution >= 4 is 5.91 Å². The molecule has 1 aromatic carbocycles. The zero-order chi connectivity index (χ0) is 13.7. The minimum Gasteiger partial charge on any atom is -0.504 e. The van der Waals surface area contributed by atoms with Gasteiger partial charge in [0, 0.05) is 18.7 Å². The Bertz CT molecular complexity index is 418. The molecule has 0 spiro atoms. The largest absolute Gasteiger partial charge is 0.504 e. The summed E-state index contributed by atoms with van der Waals surface area (Å²) < 4.78 is 0. The van der Waals surface area contributed by atoms with Crippen molar-refractivity contribution in [1.29, 1.82) is 0 Å². The van der Waals surface area contributed by atoms with E-state index in [1.54, 1.807) is 4.90 Å². The highest BCUT2D eigenvalue weighted by Crippen LogP contribution is 2.25. The minimum absolute atomic E-state index is 0.117. The smallest absolute Gasteiger partial charge is 0.253 e. The van der Waals surface area contributed by atoms with Gasteiger partial charge in [0.15, 0.2) is 11.5 Å². The first-order valence-corrected chi connectivity index (χ1v) is 6.30. The second kappa shape index (κ2) is 6.28. The lowest BCUT2D eigenvalue weighted by Crippen LogP contribution is -2.34. The number of aromatic hydroxyl groups is 2. The fraction of sp³-hybridized carbons (Fsp3) is 0.500. The molecule has 4 nitrogen and oxygen atoms in total. The number of carbonyl (C=O) groups excluding carboxylic acids is 1. The van der Waals surface area contributed by atoms with Crippen LogP contribution in [0.5, 0.6) is 11.5 Å². The van der Waals surface area contributed by atoms with Crippen molar-refractivity contribution in [2.45, 2.75) is 27.2 Å². The van der Waals surface area contributed by atoms with Crippen molar-refractivity contribution in [3.63, 3.8) is 0 Å². The molecule has 1 amide bonds. The molecular weight excluding hydrogens is 230 g/mol. The van der Waals surface area contributed by atoms with Gasteiger partial charge in [0.25, 0.3) is 5.91 Å². The van der Waals surface area contributed by atoms with Gasteiger partial charge in [-0.3, -0.25) is 4.79 Å². The maximum absolute atomic E-state index is 12.2. The van der Waals surface area contributed by atoms with Gasteiger partial charge < -0.3 is 15.1 Å². The summed E-state index contributed by atoms with van der Waals surface area (Å²) in [5.41, 5.74) is 0.399. The molecular formula is C14H21NO3. The highest BCUT2D eigenvalue weighted by atomic mass is 16.3. The average Bonchev–Trinajstić information content (AvgIpc) is 2.38. The van der Waals surface area contributed by atoms with Gasteiger partial charge >= 0.3 is 0 Å². The van der Waals surface area contributed by atoms with Crippen LogP contribution in [-0.4, -0.2) is 34.1 Å². The molecule has 1 aromatic rings. The fourth-order valence-electron chi connectivity index (χ4n) is 1.70. The molecule has 0 saturated carbocycles. The molecule has 4 heteroatoms. The van der Waals surface area contributed by atoms with Crippen LogP contribution in [0.1, 0.15) is 37.6 Å². The van der Waals surface area contributed by atoms with Gasteiger partial charge in [-0.15, -0.1) is 0 Å². The third kappa shape index (κ3) is 3.39. The zero-order valence-corrected chi connectivity index (χ0v) is 11.2. The van der Waals surface area contributed by atoms with Crippen molar-refractivity contribution in [2.24, 2.45) is 5.92 Å². The Labute approximate surface area is 108 Å². The fourth-order valence-corrected chi connectivity index (χ4v) is 1.70. The van der Waals surface area contributed by atoms with Crippen LogP contribution in [-0.2, 0) is 0 Å². The van der Waals surface area contributed by atoms with Crippen LogP contribution in [0, 0.1) is 5.92 Å². The van der Waals surface area contributed by atoms with Crippen molar-refractivity contribution in [2.75, 3.05) is 13.1 Å². The van der Waals surface area contributed by atoms with E-state index in [0.717, 1.165) is 6.42 Å². The number of hydrogen-bond acceptors (Lipinski definition) is 3. The molecule has 0 aliphatic rings. The summed E-state index contributed by atoms with van der Waals surface area (Å²) in [6.45, 7) is 7.46. The Hall–Kier alpha value is -1.71. The highest BCUT2D eigenvalue weighted by molar-refractivity contribution is 5.94. The molecule has 1 unspecified atom stereocenters. The van der Waals surface area contributed by atoms with Crippen LogP contribution in [0.25, 0.3) is 0 Å². The molecule has 0 aliphatic heterocycles. The van der Waals surface area contributed by atoms with E-state index in [4.69, 9.17) is 0 Å². The van der Waals surface area contributed by atoms with E-state index in [0.29, 0.717) is 24.6 Å². The summed E-state index contributed by atoms with van der Waals surface area (Å²) in [5.74, 6) is -0.148. The lowest BCUT2D eigenvalue weighted by molar-refractivity contribution is 0.0740.